The maximum absolute atomic E-state index is 12.5. The minimum atomic E-state index is -5.08. The van der Waals surface area contributed by atoms with Gasteiger partial charge in [-0.05, 0) is 36.6 Å². The van der Waals surface area contributed by atoms with E-state index in [4.69, 9.17) is 24.2 Å². The third-order valence-corrected chi connectivity index (χ3v) is 5.99. The normalized spacial score (nSPS) is 19.4. The summed E-state index contributed by atoms with van der Waals surface area (Å²) in [5.41, 5.74) is 1.11. The van der Waals surface area contributed by atoms with E-state index >= 15 is 0 Å². The second-order valence-electron chi connectivity index (χ2n) is 8.64. The van der Waals surface area contributed by atoms with Gasteiger partial charge in [0.1, 0.15) is 11.5 Å². The number of carboxylic acid groups (broad SMARTS) is 2. The lowest BCUT2D eigenvalue weighted by Gasteiger charge is -2.39. The Kier molecular flexibility index (Phi) is 10.9. The lowest BCUT2D eigenvalue weighted by atomic mass is 9.95. The van der Waals surface area contributed by atoms with Crippen LogP contribution >= 0.6 is 0 Å². The number of carbonyl (C=O) groups excluding carboxylic acids is 1. The molecule has 39 heavy (non-hydrogen) atoms. The van der Waals surface area contributed by atoms with Crippen molar-refractivity contribution in [1.29, 1.82) is 0 Å². The first-order valence-electron chi connectivity index (χ1n) is 11.7. The summed E-state index contributed by atoms with van der Waals surface area (Å²) in [7, 11) is 0. The Morgan fingerprint density at radius 2 is 1.56 bits per heavy atom. The van der Waals surface area contributed by atoms with Gasteiger partial charge in [0.05, 0.1) is 6.54 Å². The van der Waals surface area contributed by atoms with Crippen molar-refractivity contribution >= 4 is 17.8 Å². The zero-order chi connectivity index (χ0) is 29.4. The highest BCUT2D eigenvalue weighted by atomic mass is 19.4. The number of fused-ring (bicyclic) bond motifs is 1. The number of amides is 1. The molecule has 2 aromatic rings. The van der Waals surface area contributed by atoms with Gasteiger partial charge in [0.25, 0.3) is 0 Å². The number of nitrogens with zero attached hydrogens (tertiary/aromatic N) is 3. The van der Waals surface area contributed by atoms with Crippen molar-refractivity contribution in [2.24, 2.45) is 0 Å². The van der Waals surface area contributed by atoms with Crippen LogP contribution in [0.15, 0.2) is 41.1 Å². The summed E-state index contributed by atoms with van der Waals surface area (Å²) in [6.45, 7) is 4.64. The van der Waals surface area contributed by atoms with Crippen LogP contribution in [0.5, 0.6) is 0 Å². The summed E-state index contributed by atoms with van der Waals surface area (Å²) in [5.74, 6) is -3.16. The molecule has 0 unspecified atom stereocenters. The molecule has 0 aliphatic carbocycles. The molecule has 4 rings (SSSR count). The molecule has 0 bridgehead atoms. The molecule has 2 fully saturated rings. The number of aliphatic carboxylic acids is 2. The van der Waals surface area contributed by atoms with Gasteiger partial charge in [0, 0.05) is 50.4 Å². The molecule has 1 amide bonds. The van der Waals surface area contributed by atoms with E-state index in [2.05, 4.69) is 33.8 Å². The second kappa shape index (κ2) is 13.4. The van der Waals surface area contributed by atoms with Gasteiger partial charge in [0.2, 0.25) is 5.91 Å². The number of alkyl halides is 6. The number of pyridine rings is 1. The molecular formula is C24H27F6N3O6. The number of halogens is 6. The first-order chi connectivity index (χ1) is 18.1. The molecule has 9 nitrogen and oxygen atoms in total. The van der Waals surface area contributed by atoms with Crippen molar-refractivity contribution in [1.82, 2.24) is 14.8 Å². The first-order valence-corrected chi connectivity index (χ1v) is 11.7. The van der Waals surface area contributed by atoms with Crippen LogP contribution in [-0.2, 0) is 33.9 Å². The number of furan rings is 1. The number of likely N-dealkylation sites (tertiary alicyclic amines) is 2. The number of hydrogen-bond acceptors (Lipinski definition) is 6. The van der Waals surface area contributed by atoms with Gasteiger partial charge in [0.15, 0.2) is 0 Å². The van der Waals surface area contributed by atoms with Crippen LogP contribution in [0, 0.1) is 0 Å². The lowest BCUT2D eigenvalue weighted by Crippen LogP contribution is -2.51. The summed E-state index contributed by atoms with van der Waals surface area (Å²) < 4.78 is 69.4. The fourth-order valence-corrected chi connectivity index (χ4v) is 4.23. The van der Waals surface area contributed by atoms with E-state index in [1.165, 1.54) is 0 Å². The van der Waals surface area contributed by atoms with Crippen molar-refractivity contribution in [3.8, 4) is 0 Å². The van der Waals surface area contributed by atoms with E-state index in [0.717, 1.165) is 49.4 Å². The van der Waals surface area contributed by atoms with E-state index in [0.29, 0.717) is 25.0 Å². The average molecular weight is 567 g/mol. The maximum atomic E-state index is 12.5. The number of aromatic nitrogens is 1. The van der Waals surface area contributed by atoms with E-state index in [1.54, 1.807) is 6.20 Å². The van der Waals surface area contributed by atoms with Gasteiger partial charge < -0.3 is 19.5 Å². The Hall–Kier alpha value is -3.62. The molecule has 0 saturated carbocycles. The monoisotopic (exact) mass is 567 g/mol. The van der Waals surface area contributed by atoms with Crippen LogP contribution in [0.4, 0.5) is 26.3 Å². The summed E-state index contributed by atoms with van der Waals surface area (Å²) in [6, 6.07) is 8.89. The van der Waals surface area contributed by atoms with Gasteiger partial charge in [-0.25, -0.2) is 9.59 Å². The van der Waals surface area contributed by atoms with E-state index in [9.17, 15) is 31.1 Å². The number of carbonyl (C=O) groups is 3. The molecule has 2 aromatic heterocycles. The second-order valence-corrected chi connectivity index (χ2v) is 8.64. The topological polar surface area (TPSA) is 124 Å². The number of carboxylic acids is 2. The van der Waals surface area contributed by atoms with Gasteiger partial charge >= 0.3 is 24.3 Å². The molecule has 2 saturated heterocycles. The van der Waals surface area contributed by atoms with Crippen molar-refractivity contribution in [2.45, 2.75) is 70.1 Å². The highest BCUT2D eigenvalue weighted by Crippen LogP contribution is 2.33. The molecule has 0 radical (unpaired) electrons. The lowest BCUT2D eigenvalue weighted by molar-refractivity contribution is -0.193. The number of rotatable bonds is 5. The molecule has 2 atom stereocenters. The highest BCUT2D eigenvalue weighted by Gasteiger charge is 2.43. The van der Waals surface area contributed by atoms with Crippen molar-refractivity contribution in [3.05, 3.63) is 53.7 Å². The summed E-state index contributed by atoms with van der Waals surface area (Å²) >= 11 is 0. The van der Waals surface area contributed by atoms with Crippen LogP contribution in [0.2, 0.25) is 0 Å². The standard InChI is InChI=1S/C20H25N3O2.2C2HF3O2/c1-2-16-5-6-17(25-16)14-22-11-9-19-18(22)7-8-20(24)23(19)13-15-4-3-10-21-12-15;2*3-2(4,5)1(6)7/h3-6,10,12,18-19H,2,7-9,11,13-14H2,1H3;2*(H,6,7)/t18-,19-;;/m0../s1. The molecule has 0 spiro atoms. The Labute approximate surface area is 219 Å². The van der Waals surface area contributed by atoms with E-state index < -0.39 is 24.3 Å². The third-order valence-electron chi connectivity index (χ3n) is 5.99. The Balaban J connectivity index is 0.000000317. The quantitative estimate of drug-likeness (QED) is 0.514. The van der Waals surface area contributed by atoms with Gasteiger partial charge in [-0.15, -0.1) is 0 Å². The maximum Gasteiger partial charge on any atom is 0.490 e. The molecular weight excluding hydrogens is 540 g/mol. The zero-order valence-corrected chi connectivity index (χ0v) is 20.7. The number of aryl methyl sites for hydroxylation is 1. The molecule has 2 N–H and O–H groups in total. The van der Waals surface area contributed by atoms with Crippen LogP contribution in [0.3, 0.4) is 0 Å². The fourth-order valence-electron chi connectivity index (χ4n) is 4.23. The molecule has 0 aromatic carbocycles. The largest absolute Gasteiger partial charge is 0.490 e. The number of hydrogen-bond donors (Lipinski definition) is 2. The Bertz CT molecular complexity index is 1080. The van der Waals surface area contributed by atoms with E-state index in [-0.39, 0.29) is 5.91 Å². The third kappa shape index (κ3) is 9.57. The molecule has 2 aliphatic heterocycles. The zero-order valence-electron chi connectivity index (χ0n) is 20.7. The smallest absolute Gasteiger partial charge is 0.475 e. The van der Waals surface area contributed by atoms with E-state index in [1.807, 2.05) is 18.3 Å². The van der Waals surface area contributed by atoms with Gasteiger partial charge in [-0.2, -0.15) is 26.3 Å². The average Bonchev–Trinajstić information content (AvgIpc) is 3.48. The van der Waals surface area contributed by atoms with Crippen molar-refractivity contribution < 1.29 is 55.4 Å². The molecule has 216 valence electrons. The highest BCUT2D eigenvalue weighted by molar-refractivity contribution is 5.77. The predicted octanol–water partition coefficient (Wildman–Crippen LogP) is 4.27. The van der Waals surface area contributed by atoms with Gasteiger partial charge in [-0.1, -0.05) is 13.0 Å². The summed E-state index contributed by atoms with van der Waals surface area (Å²) in [6.07, 6.45) is -2.98. The molecule has 15 heteroatoms. The predicted molar refractivity (Wildman–Crippen MR) is 122 cm³/mol. The Morgan fingerprint density at radius 3 is 2.05 bits per heavy atom. The van der Waals surface area contributed by atoms with Crippen molar-refractivity contribution in [3.63, 3.8) is 0 Å². The van der Waals surface area contributed by atoms with Crippen LogP contribution in [0.25, 0.3) is 0 Å². The van der Waals surface area contributed by atoms with Gasteiger partial charge in [-0.3, -0.25) is 14.7 Å². The first kappa shape index (κ1) is 31.6. The summed E-state index contributed by atoms with van der Waals surface area (Å²) in [5, 5.41) is 14.2. The van der Waals surface area contributed by atoms with Crippen LogP contribution in [-0.4, -0.2) is 73.8 Å². The summed E-state index contributed by atoms with van der Waals surface area (Å²) in [4.78, 5) is 39.1. The van der Waals surface area contributed by atoms with Crippen molar-refractivity contribution in [2.75, 3.05) is 6.54 Å². The van der Waals surface area contributed by atoms with Crippen LogP contribution in [0.1, 0.15) is 43.3 Å². The minimum absolute atomic E-state index is 0.276. The molecule has 2 aliphatic rings. The minimum Gasteiger partial charge on any atom is -0.475 e. The van der Waals surface area contributed by atoms with Crippen LogP contribution < -0.4 is 0 Å². The number of piperidine rings is 1. The fraction of sp³-hybridized carbons (Fsp3) is 0.500. The SMILES string of the molecule is CCc1ccc(CN2CC[C@H]3[C@@H]2CCC(=O)N3Cc2cccnc2)o1.O=C(O)C(F)(F)F.O=C(O)C(F)(F)F. The molecule has 4 heterocycles. The Morgan fingerprint density at radius 1 is 0.974 bits per heavy atom.